The summed E-state index contributed by atoms with van der Waals surface area (Å²) in [6.07, 6.45) is 7.95. The molecule has 0 aliphatic carbocycles. The molecule has 0 saturated carbocycles. The van der Waals surface area contributed by atoms with Crippen LogP contribution in [0.15, 0.2) is 114 Å². The Morgan fingerprint density at radius 3 is 1.41 bits per heavy atom. The number of benzene rings is 3. The van der Waals surface area contributed by atoms with E-state index in [9.17, 15) is 0 Å². The second-order valence-electron chi connectivity index (χ2n) is 8.08. The fraction of sp³-hybridized carbons (Fsp3) is 0.241. The Morgan fingerprint density at radius 1 is 0.621 bits per heavy atom. The summed E-state index contributed by atoms with van der Waals surface area (Å²) in [5.74, 6) is 0. The zero-order valence-corrected chi connectivity index (χ0v) is 17.9. The van der Waals surface area contributed by atoms with Crippen LogP contribution < -0.4 is 0 Å². The molecule has 0 aliphatic heterocycles. The number of hydrogen-bond donors (Lipinski definition) is 0. The second kappa shape index (κ2) is 10.1. The summed E-state index contributed by atoms with van der Waals surface area (Å²) in [5.41, 5.74) is 6.67. The molecule has 3 aromatic carbocycles. The Bertz CT molecular complexity index is 830. The minimum Gasteiger partial charge on any atom is -0.0856 e. The van der Waals surface area contributed by atoms with Gasteiger partial charge in [-0.1, -0.05) is 114 Å². The Morgan fingerprint density at radius 2 is 1.03 bits per heavy atom. The van der Waals surface area contributed by atoms with Crippen LogP contribution in [-0.4, -0.2) is 0 Å². The molecule has 0 aromatic heterocycles. The van der Waals surface area contributed by atoms with Crippen LogP contribution in [0.3, 0.4) is 0 Å². The molecule has 3 aromatic rings. The van der Waals surface area contributed by atoms with Crippen molar-refractivity contribution in [1.29, 1.82) is 0 Å². The van der Waals surface area contributed by atoms with Crippen LogP contribution in [0.1, 0.15) is 56.7 Å². The number of allylic oxidation sites excluding steroid dienone is 4. The van der Waals surface area contributed by atoms with E-state index in [1.54, 1.807) is 0 Å². The average Bonchev–Trinajstić information content (AvgIpc) is 2.76. The highest BCUT2D eigenvalue weighted by Gasteiger charge is 2.35. The number of rotatable bonds is 8. The fourth-order valence-electron chi connectivity index (χ4n) is 4.04. The zero-order chi connectivity index (χ0) is 20.5. The van der Waals surface area contributed by atoms with Crippen molar-refractivity contribution in [3.8, 4) is 0 Å². The van der Waals surface area contributed by atoms with Crippen LogP contribution in [0.25, 0.3) is 0 Å². The van der Waals surface area contributed by atoms with Crippen LogP contribution >= 0.6 is 0 Å². The Kier molecular flexibility index (Phi) is 7.25. The lowest BCUT2D eigenvalue weighted by molar-refractivity contribution is 0.624. The zero-order valence-electron chi connectivity index (χ0n) is 17.9. The molecule has 0 radical (unpaired) electrons. The van der Waals surface area contributed by atoms with Gasteiger partial charge in [-0.3, -0.25) is 0 Å². The van der Waals surface area contributed by atoms with E-state index >= 15 is 0 Å². The lowest BCUT2D eigenvalue weighted by Gasteiger charge is -2.35. The van der Waals surface area contributed by atoms with Gasteiger partial charge in [0.05, 0.1) is 0 Å². The first-order valence-electron chi connectivity index (χ1n) is 10.6. The van der Waals surface area contributed by atoms with Crippen LogP contribution in [0, 0.1) is 0 Å². The minimum atomic E-state index is -0.193. The predicted octanol–water partition coefficient (Wildman–Crippen LogP) is 8.10. The third-order valence-corrected chi connectivity index (χ3v) is 5.65. The highest BCUT2D eigenvalue weighted by atomic mass is 14.4. The van der Waals surface area contributed by atoms with Gasteiger partial charge in [-0.15, -0.1) is 0 Å². The van der Waals surface area contributed by atoms with Gasteiger partial charge in [0.15, 0.2) is 0 Å². The third-order valence-electron chi connectivity index (χ3n) is 5.65. The third kappa shape index (κ3) is 5.15. The van der Waals surface area contributed by atoms with Crippen molar-refractivity contribution in [3.63, 3.8) is 0 Å². The maximum atomic E-state index is 2.45. The van der Waals surface area contributed by atoms with Gasteiger partial charge in [-0.2, -0.15) is 0 Å². The van der Waals surface area contributed by atoms with Crippen molar-refractivity contribution in [1.82, 2.24) is 0 Å². The summed E-state index contributed by atoms with van der Waals surface area (Å²) in [7, 11) is 0. The highest BCUT2D eigenvalue weighted by Crippen LogP contribution is 2.42. The molecule has 3 rings (SSSR count). The minimum absolute atomic E-state index is 0.193. The summed E-state index contributed by atoms with van der Waals surface area (Å²) in [6, 6.07) is 32.9. The molecule has 0 saturated heterocycles. The van der Waals surface area contributed by atoms with Crippen LogP contribution in [-0.2, 0) is 5.41 Å². The maximum Gasteiger partial charge on any atom is 0.0485 e. The van der Waals surface area contributed by atoms with Crippen molar-refractivity contribution in [3.05, 3.63) is 131 Å². The van der Waals surface area contributed by atoms with Crippen LogP contribution in [0.2, 0.25) is 0 Å². The van der Waals surface area contributed by atoms with Gasteiger partial charge >= 0.3 is 0 Å². The second-order valence-corrected chi connectivity index (χ2v) is 8.08. The normalized spacial score (nSPS) is 11.9. The van der Waals surface area contributed by atoms with E-state index in [-0.39, 0.29) is 5.41 Å². The fourth-order valence-corrected chi connectivity index (χ4v) is 4.04. The monoisotopic (exact) mass is 380 g/mol. The first kappa shape index (κ1) is 20.9. The molecule has 0 nitrogen and oxygen atoms in total. The molecule has 0 atom stereocenters. The van der Waals surface area contributed by atoms with Crippen molar-refractivity contribution in [2.45, 2.75) is 45.4 Å². The smallest absolute Gasteiger partial charge is 0.0485 e. The molecule has 0 unspecified atom stereocenters. The van der Waals surface area contributed by atoms with Crippen molar-refractivity contribution >= 4 is 0 Å². The highest BCUT2D eigenvalue weighted by molar-refractivity contribution is 5.51. The molecule has 29 heavy (non-hydrogen) atoms. The molecule has 148 valence electrons. The quantitative estimate of drug-likeness (QED) is 0.273. The SMILES string of the molecule is CC(C)=CCC/C(C)=C/CC(c1ccccc1)(c1ccccc1)c1ccccc1. The predicted molar refractivity (Wildman–Crippen MR) is 126 cm³/mol. The van der Waals surface area contributed by atoms with Gasteiger partial charge in [0, 0.05) is 5.41 Å². The standard InChI is InChI=1S/C29H32/c1-24(2)14-13-15-25(3)22-23-29(26-16-7-4-8-17-26,27-18-9-5-10-19-27)28-20-11-6-12-21-28/h4-12,14,16-22H,13,15,23H2,1-3H3/b25-22+. The van der Waals surface area contributed by atoms with E-state index in [1.165, 1.54) is 27.8 Å². The van der Waals surface area contributed by atoms with E-state index in [4.69, 9.17) is 0 Å². The molecular weight excluding hydrogens is 348 g/mol. The van der Waals surface area contributed by atoms with Crippen molar-refractivity contribution < 1.29 is 0 Å². The van der Waals surface area contributed by atoms with Crippen LogP contribution in [0.5, 0.6) is 0 Å². The summed E-state index contributed by atoms with van der Waals surface area (Å²) in [4.78, 5) is 0. The molecular formula is C29H32. The molecule has 0 N–H and O–H groups in total. The Hall–Kier alpha value is -2.86. The molecule has 0 amide bonds. The van der Waals surface area contributed by atoms with Gasteiger partial charge in [-0.25, -0.2) is 0 Å². The average molecular weight is 381 g/mol. The van der Waals surface area contributed by atoms with Gasteiger partial charge in [0.1, 0.15) is 0 Å². The first-order chi connectivity index (χ1) is 14.1. The van der Waals surface area contributed by atoms with Gasteiger partial charge < -0.3 is 0 Å². The topological polar surface area (TPSA) is 0 Å². The first-order valence-corrected chi connectivity index (χ1v) is 10.6. The van der Waals surface area contributed by atoms with E-state index < -0.39 is 0 Å². The lowest BCUT2D eigenvalue weighted by Crippen LogP contribution is -2.29. The van der Waals surface area contributed by atoms with E-state index in [1.807, 2.05) is 0 Å². The molecule has 0 bridgehead atoms. The Labute approximate surface area is 176 Å². The molecule has 0 heterocycles. The van der Waals surface area contributed by atoms with E-state index in [0.29, 0.717) is 0 Å². The van der Waals surface area contributed by atoms with Crippen LogP contribution in [0.4, 0.5) is 0 Å². The van der Waals surface area contributed by atoms with Gasteiger partial charge in [-0.05, 0) is 56.7 Å². The van der Waals surface area contributed by atoms with E-state index in [2.05, 4.69) is 124 Å². The molecule has 0 heteroatoms. The van der Waals surface area contributed by atoms with Gasteiger partial charge in [0.25, 0.3) is 0 Å². The Balaban J connectivity index is 2.09. The van der Waals surface area contributed by atoms with E-state index in [0.717, 1.165) is 19.3 Å². The summed E-state index contributed by atoms with van der Waals surface area (Å²) in [6.45, 7) is 6.61. The molecule has 0 fully saturated rings. The van der Waals surface area contributed by atoms with Gasteiger partial charge in [0.2, 0.25) is 0 Å². The summed E-state index contributed by atoms with van der Waals surface area (Å²) in [5, 5.41) is 0. The summed E-state index contributed by atoms with van der Waals surface area (Å²) >= 11 is 0. The molecule has 0 spiro atoms. The lowest BCUT2D eigenvalue weighted by atomic mass is 9.67. The maximum absolute atomic E-state index is 2.45. The number of hydrogen-bond acceptors (Lipinski definition) is 0. The summed E-state index contributed by atoms with van der Waals surface area (Å²) < 4.78 is 0. The van der Waals surface area contributed by atoms with Crippen molar-refractivity contribution in [2.75, 3.05) is 0 Å². The molecule has 0 aliphatic rings. The van der Waals surface area contributed by atoms with Crippen molar-refractivity contribution in [2.24, 2.45) is 0 Å². The largest absolute Gasteiger partial charge is 0.0856 e.